The average Bonchev–Trinajstić information content (AvgIpc) is 3.31. The maximum atomic E-state index is 12.8. The second-order valence-corrected chi connectivity index (χ2v) is 9.37. The normalized spacial score (nSPS) is 12.5. The first kappa shape index (κ1) is 19.7. The summed E-state index contributed by atoms with van der Waals surface area (Å²) in [4.78, 5) is 14.3. The Morgan fingerprint density at radius 3 is 2.90 bits per heavy atom. The van der Waals surface area contributed by atoms with E-state index in [0.29, 0.717) is 28.7 Å². The second kappa shape index (κ2) is 8.40. The van der Waals surface area contributed by atoms with Crippen molar-refractivity contribution in [3.05, 3.63) is 43.1 Å². The lowest BCUT2D eigenvalue weighted by atomic mass is 10.1. The van der Waals surface area contributed by atoms with Gasteiger partial charge in [0.15, 0.2) is 0 Å². The number of pyridine rings is 2. The van der Waals surface area contributed by atoms with E-state index in [1.807, 2.05) is 36.0 Å². The van der Waals surface area contributed by atoms with Crippen molar-refractivity contribution in [1.29, 1.82) is 0 Å². The summed E-state index contributed by atoms with van der Waals surface area (Å²) in [6.07, 6.45) is 7.90. The molecule has 4 aromatic rings. The third-order valence-corrected chi connectivity index (χ3v) is 7.48. The van der Waals surface area contributed by atoms with Crippen molar-refractivity contribution in [2.45, 2.75) is 10.6 Å². The van der Waals surface area contributed by atoms with Gasteiger partial charge >= 0.3 is 0 Å². The minimum absolute atomic E-state index is 0.499. The first-order chi connectivity index (χ1) is 14.1. The zero-order valence-corrected chi connectivity index (χ0v) is 17.8. The van der Waals surface area contributed by atoms with Gasteiger partial charge in [0.05, 0.1) is 34.2 Å². The Hall–Kier alpha value is -2.62. The summed E-state index contributed by atoms with van der Waals surface area (Å²) in [5.41, 5.74) is 10.4. The number of anilines is 1. The third-order valence-electron chi connectivity index (χ3n) is 4.49. The summed E-state index contributed by atoms with van der Waals surface area (Å²) in [7, 11) is 2.36. The van der Waals surface area contributed by atoms with Crippen LogP contribution in [0.1, 0.15) is 6.42 Å². The van der Waals surface area contributed by atoms with Gasteiger partial charge in [-0.15, -0.1) is 11.3 Å². The van der Waals surface area contributed by atoms with Crippen molar-refractivity contribution in [2.75, 3.05) is 25.2 Å². The van der Waals surface area contributed by atoms with E-state index in [0.717, 1.165) is 32.7 Å². The SMILES string of the molecule is COCCC[S@@](=O)c1sc2nc(-c3cccnc3)cc(-c3cn(C)cn3)c2c1N. The summed E-state index contributed by atoms with van der Waals surface area (Å²) in [6.45, 7) is 0.569. The highest BCUT2D eigenvalue weighted by atomic mass is 32.2. The van der Waals surface area contributed by atoms with Crippen molar-refractivity contribution in [3.8, 4) is 22.5 Å². The second-order valence-electron chi connectivity index (χ2n) is 6.60. The van der Waals surface area contributed by atoms with Crippen LogP contribution in [-0.4, -0.2) is 43.2 Å². The predicted molar refractivity (Wildman–Crippen MR) is 117 cm³/mol. The van der Waals surface area contributed by atoms with Crippen molar-refractivity contribution < 1.29 is 8.95 Å². The number of nitrogens with zero attached hydrogens (tertiary/aromatic N) is 4. The molecule has 0 aliphatic carbocycles. The Labute approximate surface area is 175 Å². The van der Waals surface area contributed by atoms with Crippen molar-refractivity contribution in [3.63, 3.8) is 0 Å². The van der Waals surface area contributed by atoms with Gasteiger partial charge in [-0.1, -0.05) is 0 Å². The molecule has 0 bridgehead atoms. The van der Waals surface area contributed by atoms with Gasteiger partial charge in [0.25, 0.3) is 0 Å². The minimum atomic E-state index is -1.20. The largest absolute Gasteiger partial charge is 0.396 e. The number of methoxy groups -OCH3 is 1. The summed E-state index contributed by atoms with van der Waals surface area (Å²) in [5.74, 6) is 0.499. The van der Waals surface area contributed by atoms with E-state index >= 15 is 0 Å². The van der Waals surface area contributed by atoms with E-state index < -0.39 is 10.8 Å². The molecular formula is C20H21N5O2S2. The Morgan fingerprint density at radius 2 is 2.21 bits per heavy atom. The fourth-order valence-electron chi connectivity index (χ4n) is 3.11. The number of hydrogen-bond donors (Lipinski definition) is 1. The van der Waals surface area contributed by atoms with Gasteiger partial charge in [-0.3, -0.25) is 9.19 Å². The lowest BCUT2D eigenvalue weighted by molar-refractivity contribution is 0.200. The maximum Gasteiger partial charge on any atom is 0.127 e. The monoisotopic (exact) mass is 427 g/mol. The van der Waals surface area contributed by atoms with Crippen LogP contribution >= 0.6 is 11.3 Å². The lowest BCUT2D eigenvalue weighted by Gasteiger charge is -2.06. The van der Waals surface area contributed by atoms with Gasteiger partial charge in [-0.2, -0.15) is 0 Å². The molecule has 4 rings (SSSR count). The molecule has 0 aliphatic heterocycles. The molecule has 0 saturated carbocycles. The first-order valence-corrected chi connectivity index (χ1v) is 11.2. The van der Waals surface area contributed by atoms with Crippen molar-refractivity contribution >= 4 is 38.0 Å². The molecule has 0 amide bonds. The molecule has 2 N–H and O–H groups in total. The molecule has 0 spiro atoms. The fourth-order valence-corrected chi connectivity index (χ4v) is 5.74. The van der Waals surface area contributed by atoms with E-state index in [1.54, 1.807) is 25.8 Å². The molecule has 0 aromatic carbocycles. The molecule has 1 atom stereocenters. The van der Waals surface area contributed by atoms with Gasteiger partial charge in [0.1, 0.15) is 9.04 Å². The number of rotatable bonds is 7. The smallest absolute Gasteiger partial charge is 0.127 e. The Bertz CT molecular complexity index is 1170. The van der Waals surface area contributed by atoms with Gasteiger partial charge in [0.2, 0.25) is 0 Å². The topological polar surface area (TPSA) is 95.9 Å². The number of thiophene rings is 1. The quantitative estimate of drug-likeness (QED) is 0.454. The average molecular weight is 428 g/mol. The molecule has 0 unspecified atom stereocenters. The minimum Gasteiger partial charge on any atom is -0.396 e. The van der Waals surface area contributed by atoms with Crippen LogP contribution in [0.25, 0.3) is 32.7 Å². The fraction of sp³-hybridized carbons (Fsp3) is 0.250. The Balaban J connectivity index is 1.89. The highest BCUT2D eigenvalue weighted by Crippen LogP contribution is 2.42. The highest BCUT2D eigenvalue weighted by Gasteiger charge is 2.21. The van der Waals surface area contributed by atoms with Gasteiger partial charge in [-0.05, 0) is 24.6 Å². The number of ether oxygens (including phenoxy) is 1. The number of aryl methyl sites for hydroxylation is 1. The zero-order valence-electron chi connectivity index (χ0n) is 16.2. The van der Waals surface area contributed by atoms with Crippen LogP contribution in [0.5, 0.6) is 0 Å². The molecule has 0 radical (unpaired) electrons. The van der Waals surface area contributed by atoms with E-state index in [9.17, 15) is 4.21 Å². The summed E-state index contributed by atoms with van der Waals surface area (Å²) < 4.78 is 20.5. The Kier molecular flexibility index (Phi) is 5.70. The van der Waals surface area contributed by atoms with Crippen LogP contribution in [0, 0.1) is 0 Å². The van der Waals surface area contributed by atoms with Crippen molar-refractivity contribution in [1.82, 2.24) is 19.5 Å². The van der Waals surface area contributed by atoms with Gasteiger partial charge in [0, 0.05) is 61.6 Å². The molecule has 7 nitrogen and oxygen atoms in total. The molecule has 150 valence electrons. The maximum absolute atomic E-state index is 12.8. The summed E-state index contributed by atoms with van der Waals surface area (Å²) in [6, 6.07) is 5.81. The highest BCUT2D eigenvalue weighted by molar-refractivity contribution is 7.87. The standard InChI is InChI=1S/C20H21N5O2S2/c1-25-11-16(23-12-25)14-9-15(13-5-3-6-22-10-13)24-19-17(14)18(21)20(28-19)29(26)8-4-7-27-2/h3,5-6,9-12H,4,7-8,21H2,1-2H3/t29-/m1/s1. The number of fused-ring (bicyclic) bond motifs is 1. The molecule has 9 heteroatoms. The zero-order chi connectivity index (χ0) is 20.4. The van der Waals surface area contributed by atoms with Crippen LogP contribution in [0.4, 0.5) is 5.69 Å². The van der Waals surface area contributed by atoms with Crippen LogP contribution in [0.2, 0.25) is 0 Å². The third kappa shape index (κ3) is 3.93. The van der Waals surface area contributed by atoms with Crippen LogP contribution < -0.4 is 5.73 Å². The molecule has 0 fully saturated rings. The summed E-state index contributed by atoms with van der Waals surface area (Å²) in [5, 5.41) is 0.802. The molecule has 0 saturated heterocycles. The molecule has 4 aromatic heterocycles. The number of imidazole rings is 1. The van der Waals surface area contributed by atoms with E-state index in [1.165, 1.54) is 11.3 Å². The number of aromatic nitrogens is 4. The number of nitrogens with two attached hydrogens (primary N) is 1. The molecule has 4 heterocycles. The van der Waals surface area contributed by atoms with Crippen LogP contribution in [0.15, 0.2) is 47.3 Å². The van der Waals surface area contributed by atoms with Crippen LogP contribution in [-0.2, 0) is 22.6 Å². The van der Waals surface area contributed by atoms with E-state index in [4.69, 9.17) is 15.5 Å². The number of nitrogen functional groups attached to an aromatic ring is 1. The van der Waals surface area contributed by atoms with Crippen LogP contribution in [0.3, 0.4) is 0 Å². The van der Waals surface area contributed by atoms with E-state index in [-0.39, 0.29) is 0 Å². The predicted octanol–water partition coefficient (Wildman–Crippen LogP) is 3.49. The lowest BCUT2D eigenvalue weighted by Crippen LogP contribution is -2.02. The molecular weight excluding hydrogens is 406 g/mol. The molecule has 0 aliphatic rings. The van der Waals surface area contributed by atoms with E-state index in [2.05, 4.69) is 9.97 Å². The van der Waals surface area contributed by atoms with Crippen molar-refractivity contribution in [2.24, 2.45) is 7.05 Å². The molecule has 29 heavy (non-hydrogen) atoms. The first-order valence-electron chi connectivity index (χ1n) is 9.07. The summed E-state index contributed by atoms with van der Waals surface area (Å²) >= 11 is 1.38. The number of hydrogen-bond acceptors (Lipinski definition) is 7. The van der Waals surface area contributed by atoms with Gasteiger partial charge in [-0.25, -0.2) is 9.97 Å². The van der Waals surface area contributed by atoms with Gasteiger partial charge < -0.3 is 15.0 Å². The Morgan fingerprint density at radius 1 is 1.34 bits per heavy atom.